The van der Waals surface area contributed by atoms with Crippen molar-refractivity contribution in [3.05, 3.63) is 70.7 Å². The summed E-state index contributed by atoms with van der Waals surface area (Å²) in [6.07, 6.45) is 0. The lowest BCUT2D eigenvalue weighted by Crippen LogP contribution is -1.97. The highest BCUT2D eigenvalue weighted by molar-refractivity contribution is 7.98. The van der Waals surface area contributed by atoms with Crippen LogP contribution in [0.5, 0.6) is 0 Å². The van der Waals surface area contributed by atoms with Gasteiger partial charge >= 0.3 is 0 Å². The second-order valence-electron chi connectivity index (χ2n) is 6.28. The number of imidazole rings is 1. The number of pyridine rings is 1. The van der Waals surface area contributed by atoms with Crippen LogP contribution in [0.25, 0.3) is 26.9 Å². The lowest BCUT2D eigenvalue weighted by atomic mass is 10.2. The monoisotopic (exact) mass is 386 g/mol. The SMILES string of the molecule is Cc1cc(SCc2nc3ccccc3s2)n2c(nc3ccccc32)c1C#N. The first kappa shape index (κ1) is 16.3. The number of para-hydroxylation sites is 3. The molecule has 3 aromatic heterocycles. The quantitative estimate of drug-likeness (QED) is 0.380. The van der Waals surface area contributed by atoms with Gasteiger partial charge in [0.15, 0.2) is 5.65 Å². The van der Waals surface area contributed by atoms with Crippen LogP contribution in [-0.2, 0) is 5.75 Å². The van der Waals surface area contributed by atoms with Crippen molar-refractivity contribution in [2.24, 2.45) is 0 Å². The van der Waals surface area contributed by atoms with Crippen LogP contribution in [0.2, 0.25) is 0 Å². The van der Waals surface area contributed by atoms with Crippen molar-refractivity contribution < 1.29 is 0 Å². The zero-order valence-corrected chi connectivity index (χ0v) is 16.1. The van der Waals surface area contributed by atoms with Gasteiger partial charge in [0.05, 0.1) is 37.6 Å². The normalized spacial score (nSPS) is 11.4. The Morgan fingerprint density at radius 1 is 1.07 bits per heavy atom. The molecule has 0 atom stereocenters. The third-order valence-corrected chi connectivity index (χ3v) is 6.77. The minimum atomic E-state index is 0.635. The van der Waals surface area contributed by atoms with Crippen LogP contribution in [0.1, 0.15) is 16.1 Å². The molecule has 0 saturated heterocycles. The van der Waals surface area contributed by atoms with Gasteiger partial charge in [0.25, 0.3) is 0 Å². The molecule has 5 rings (SSSR count). The van der Waals surface area contributed by atoms with E-state index in [0.717, 1.165) is 43.5 Å². The highest BCUT2D eigenvalue weighted by atomic mass is 32.2. The van der Waals surface area contributed by atoms with E-state index in [1.165, 1.54) is 4.70 Å². The molecule has 2 aromatic carbocycles. The zero-order chi connectivity index (χ0) is 18.4. The Morgan fingerprint density at radius 2 is 1.85 bits per heavy atom. The van der Waals surface area contributed by atoms with Gasteiger partial charge in [-0.3, -0.25) is 4.40 Å². The molecule has 130 valence electrons. The zero-order valence-electron chi connectivity index (χ0n) is 14.5. The fraction of sp³-hybridized carbons (Fsp3) is 0.0952. The minimum absolute atomic E-state index is 0.635. The number of nitriles is 1. The largest absolute Gasteiger partial charge is 0.286 e. The summed E-state index contributed by atoms with van der Waals surface area (Å²) in [7, 11) is 0. The van der Waals surface area contributed by atoms with Gasteiger partial charge in [-0.15, -0.1) is 23.1 Å². The van der Waals surface area contributed by atoms with Crippen LogP contribution in [0.15, 0.2) is 59.6 Å². The Hall–Kier alpha value is -2.88. The molecule has 0 N–H and O–H groups in total. The molecule has 0 amide bonds. The molecule has 0 saturated carbocycles. The summed E-state index contributed by atoms with van der Waals surface area (Å²) >= 11 is 3.46. The number of nitrogens with zero attached hydrogens (tertiary/aromatic N) is 4. The molecule has 0 fully saturated rings. The number of hydrogen-bond acceptors (Lipinski definition) is 5. The Balaban J connectivity index is 1.62. The van der Waals surface area contributed by atoms with Crippen molar-refractivity contribution in [2.45, 2.75) is 17.7 Å². The van der Waals surface area contributed by atoms with E-state index >= 15 is 0 Å². The van der Waals surface area contributed by atoms with E-state index in [2.05, 4.69) is 22.6 Å². The summed E-state index contributed by atoms with van der Waals surface area (Å²) in [6, 6.07) is 20.6. The average molecular weight is 387 g/mol. The first-order valence-corrected chi connectivity index (χ1v) is 10.3. The molecule has 6 heteroatoms. The van der Waals surface area contributed by atoms with Gasteiger partial charge in [-0.1, -0.05) is 24.3 Å². The Labute approximate surface area is 164 Å². The highest BCUT2D eigenvalue weighted by Gasteiger charge is 2.16. The molecule has 3 heterocycles. The fourth-order valence-corrected chi connectivity index (χ4v) is 5.36. The number of rotatable bonds is 3. The van der Waals surface area contributed by atoms with E-state index in [9.17, 15) is 5.26 Å². The number of aryl methyl sites for hydroxylation is 1. The number of aromatic nitrogens is 3. The topological polar surface area (TPSA) is 54.0 Å². The van der Waals surface area contributed by atoms with Crippen molar-refractivity contribution in [2.75, 3.05) is 0 Å². The van der Waals surface area contributed by atoms with Crippen LogP contribution in [-0.4, -0.2) is 14.4 Å². The number of thioether (sulfide) groups is 1. The maximum Gasteiger partial charge on any atom is 0.157 e. The van der Waals surface area contributed by atoms with Crippen LogP contribution in [0, 0.1) is 18.3 Å². The molecule has 0 aliphatic rings. The second-order valence-corrected chi connectivity index (χ2v) is 8.39. The molecule has 0 unspecified atom stereocenters. The fourth-order valence-electron chi connectivity index (χ4n) is 3.28. The molecule has 0 aliphatic heterocycles. The Bertz CT molecular complexity index is 1320. The van der Waals surface area contributed by atoms with E-state index in [4.69, 9.17) is 9.97 Å². The first-order valence-electron chi connectivity index (χ1n) is 8.53. The molecule has 0 spiro atoms. The van der Waals surface area contributed by atoms with E-state index in [-0.39, 0.29) is 0 Å². The molecule has 0 aliphatic carbocycles. The van der Waals surface area contributed by atoms with Crippen molar-refractivity contribution in [1.29, 1.82) is 5.26 Å². The number of thiazole rings is 1. The predicted molar refractivity (Wildman–Crippen MR) is 111 cm³/mol. The van der Waals surface area contributed by atoms with E-state index in [1.807, 2.05) is 49.4 Å². The minimum Gasteiger partial charge on any atom is -0.286 e. The van der Waals surface area contributed by atoms with Crippen LogP contribution in [0.3, 0.4) is 0 Å². The molecule has 0 radical (unpaired) electrons. The molecular formula is C21H14N4S2. The van der Waals surface area contributed by atoms with E-state index < -0.39 is 0 Å². The molecule has 5 aromatic rings. The van der Waals surface area contributed by atoms with Crippen molar-refractivity contribution in [3.8, 4) is 6.07 Å². The van der Waals surface area contributed by atoms with Gasteiger partial charge in [0.2, 0.25) is 0 Å². The van der Waals surface area contributed by atoms with Crippen LogP contribution in [0.4, 0.5) is 0 Å². The summed E-state index contributed by atoms with van der Waals surface area (Å²) in [5.41, 5.74) is 5.29. The number of fused-ring (bicyclic) bond motifs is 4. The number of benzene rings is 2. The summed E-state index contributed by atoms with van der Waals surface area (Å²) in [6.45, 7) is 1.97. The van der Waals surface area contributed by atoms with Gasteiger partial charge in [-0.25, -0.2) is 9.97 Å². The average Bonchev–Trinajstić information content (AvgIpc) is 3.27. The molecular weight excluding hydrogens is 372 g/mol. The predicted octanol–water partition coefficient (Wildman–Crippen LogP) is 5.57. The molecule has 27 heavy (non-hydrogen) atoms. The first-order chi connectivity index (χ1) is 13.2. The van der Waals surface area contributed by atoms with Crippen molar-refractivity contribution >= 4 is 50.0 Å². The van der Waals surface area contributed by atoms with Gasteiger partial charge in [0.1, 0.15) is 11.1 Å². The van der Waals surface area contributed by atoms with Crippen LogP contribution >= 0.6 is 23.1 Å². The highest BCUT2D eigenvalue weighted by Crippen LogP contribution is 2.32. The van der Waals surface area contributed by atoms with E-state index in [1.54, 1.807) is 23.1 Å². The Kier molecular flexibility index (Phi) is 3.85. The lowest BCUT2D eigenvalue weighted by molar-refractivity contribution is 1.04. The third-order valence-electron chi connectivity index (χ3n) is 4.53. The van der Waals surface area contributed by atoms with Crippen LogP contribution < -0.4 is 0 Å². The van der Waals surface area contributed by atoms with Gasteiger partial charge in [0, 0.05) is 0 Å². The van der Waals surface area contributed by atoms with Crippen molar-refractivity contribution in [3.63, 3.8) is 0 Å². The summed E-state index contributed by atoms with van der Waals surface area (Å²) in [4.78, 5) is 9.45. The summed E-state index contributed by atoms with van der Waals surface area (Å²) < 4.78 is 3.31. The van der Waals surface area contributed by atoms with Crippen molar-refractivity contribution in [1.82, 2.24) is 14.4 Å². The summed E-state index contributed by atoms with van der Waals surface area (Å²) in [5, 5.41) is 11.8. The second kappa shape index (κ2) is 6.38. The standard InChI is InChI=1S/C21H14N4S2/c1-13-10-20(26-12-19-23-16-7-3-5-9-18(16)27-19)25-17-8-4-2-6-15(17)24-21(25)14(13)11-22/h2-10H,12H2,1H3. The lowest BCUT2D eigenvalue weighted by Gasteiger charge is -2.09. The number of hydrogen-bond donors (Lipinski definition) is 0. The molecule has 0 bridgehead atoms. The van der Waals surface area contributed by atoms with E-state index in [0.29, 0.717) is 5.56 Å². The summed E-state index contributed by atoms with van der Waals surface area (Å²) in [5.74, 6) is 0.784. The van der Waals surface area contributed by atoms with Gasteiger partial charge in [-0.05, 0) is 42.8 Å². The third kappa shape index (κ3) is 2.67. The smallest absolute Gasteiger partial charge is 0.157 e. The maximum absolute atomic E-state index is 9.60. The Morgan fingerprint density at radius 3 is 2.67 bits per heavy atom. The maximum atomic E-state index is 9.60. The van der Waals surface area contributed by atoms with Gasteiger partial charge in [-0.2, -0.15) is 5.26 Å². The molecule has 4 nitrogen and oxygen atoms in total. The van der Waals surface area contributed by atoms with Gasteiger partial charge < -0.3 is 0 Å².